The Kier molecular flexibility index (Phi) is 5.55. The van der Waals surface area contributed by atoms with Crippen LogP contribution >= 0.6 is 0 Å². The normalized spacial score (nSPS) is 11.8. The first-order chi connectivity index (χ1) is 14.1. The van der Waals surface area contributed by atoms with Crippen LogP contribution in [0.5, 0.6) is 11.5 Å². The molecule has 0 aliphatic carbocycles. The fraction of sp³-hybridized carbons (Fsp3) is 0.167. The van der Waals surface area contributed by atoms with E-state index in [0.717, 1.165) is 12.1 Å². The van der Waals surface area contributed by atoms with Crippen LogP contribution in [-0.2, 0) is 12.8 Å². The molecule has 0 fully saturated rings. The Morgan fingerprint density at radius 1 is 1.03 bits per heavy atom. The summed E-state index contributed by atoms with van der Waals surface area (Å²) in [6.07, 6.45) is -9.69. The average molecular weight is 428 g/mol. The van der Waals surface area contributed by atoms with Crippen LogP contribution in [0.2, 0.25) is 0 Å². The number of aromatic amines is 1. The second kappa shape index (κ2) is 7.94. The van der Waals surface area contributed by atoms with Gasteiger partial charge in [0.05, 0.1) is 5.56 Å². The SMILES string of the molecule is N#Cc1[nH]nnc1-c1cc(OCc2ccccc2OC(F)(F)F)cc(C(F)(F)F)c1. The monoisotopic (exact) mass is 428 g/mol. The van der Waals surface area contributed by atoms with E-state index in [2.05, 4.69) is 20.1 Å². The number of aromatic nitrogens is 3. The zero-order valence-electron chi connectivity index (χ0n) is 14.7. The second-order valence-corrected chi connectivity index (χ2v) is 5.84. The van der Waals surface area contributed by atoms with E-state index in [1.54, 1.807) is 6.07 Å². The van der Waals surface area contributed by atoms with Crippen molar-refractivity contribution in [1.82, 2.24) is 15.4 Å². The van der Waals surface area contributed by atoms with Crippen molar-refractivity contribution < 1.29 is 35.8 Å². The summed E-state index contributed by atoms with van der Waals surface area (Å²) in [6, 6.07) is 9.38. The van der Waals surface area contributed by atoms with E-state index in [1.807, 2.05) is 0 Å². The molecule has 1 aromatic heterocycles. The number of nitriles is 1. The lowest BCUT2D eigenvalue weighted by Gasteiger charge is -2.15. The molecular weight excluding hydrogens is 418 g/mol. The molecule has 0 aliphatic rings. The molecule has 12 heteroatoms. The minimum Gasteiger partial charge on any atom is -0.489 e. The molecule has 3 rings (SSSR count). The van der Waals surface area contributed by atoms with Gasteiger partial charge in [0.2, 0.25) is 0 Å². The molecule has 1 N–H and O–H groups in total. The number of benzene rings is 2. The van der Waals surface area contributed by atoms with E-state index in [0.29, 0.717) is 6.07 Å². The van der Waals surface area contributed by atoms with Crippen LogP contribution in [0.4, 0.5) is 26.3 Å². The second-order valence-electron chi connectivity index (χ2n) is 5.84. The van der Waals surface area contributed by atoms with Crippen molar-refractivity contribution >= 4 is 0 Å². The Hall–Kier alpha value is -3.75. The van der Waals surface area contributed by atoms with Gasteiger partial charge < -0.3 is 9.47 Å². The molecular formula is C18H10F6N4O2. The van der Waals surface area contributed by atoms with Crippen molar-refractivity contribution in [3.8, 4) is 28.8 Å². The number of rotatable bonds is 5. The summed E-state index contributed by atoms with van der Waals surface area (Å²) in [5, 5.41) is 18.3. The fourth-order valence-electron chi connectivity index (χ4n) is 2.50. The van der Waals surface area contributed by atoms with Crippen molar-refractivity contribution in [2.75, 3.05) is 0 Å². The van der Waals surface area contributed by atoms with Gasteiger partial charge >= 0.3 is 12.5 Å². The highest BCUT2D eigenvalue weighted by atomic mass is 19.4. The highest BCUT2D eigenvalue weighted by Gasteiger charge is 2.33. The molecule has 0 aliphatic heterocycles. The summed E-state index contributed by atoms with van der Waals surface area (Å²) in [5.41, 5.74) is -1.53. The maximum atomic E-state index is 13.3. The minimum absolute atomic E-state index is 0.0343. The third-order valence-corrected chi connectivity index (χ3v) is 3.76. The number of para-hydroxylation sites is 1. The number of H-pyrrole nitrogens is 1. The Labute approximate surface area is 164 Å². The van der Waals surface area contributed by atoms with Gasteiger partial charge in [0.25, 0.3) is 0 Å². The van der Waals surface area contributed by atoms with E-state index >= 15 is 0 Å². The fourth-order valence-corrected chi connectivity index (χ4v) is 2.50. The van der Waals surface area contributed by atoms with Gasteiger partial charge in [-0.15, -0.1) is 18.3 Å². The first-order valence-electron chi connectivity index (χ1n) is 8.07. The van der Waals surface area contributed by atoms with E-state index in [1.165, 1.54) is 24.3 Å². The number of nitrogens with zero attached hydrogens (tertiary/aromatic N) is 3. The molecule has 3 aromatic rings. The van der Waals surface area contributed by atoms with E-state index in [9.17, 15) is 26.3 Å². The maximum Gasteiger partial charge on any atom is 0.573 e. The Morgan fingerprint density at radius 2 is 1.77 bits per heavy atom. The van der Waals surface area contributed by atoms with E-state index in [4.69, 9.17) is 10.00 Å². The number of hydrogen-bond donors (Lipinski definition) is 1. The highest BCUT2D eigenvalue weighted by Crippen LogP contribution is 2.36. The van der Waals surface area contributed by atoms with Gasteiger partial charge in [0.15, 0.2) is 5.69 Å². The van der Waals surface area contributed by atoms with Gasteiger partial charge in [-0.3, -0.25) is 0 Å². The topological polar surface area (TPSA) is 83.8 Å². The Bertz CT molecular complexity index is 1090. The van der Waals surface area contributed by atoms with E-state index in [-0.39, 0.29) is 28.3 Å². The van der Waals surface area contributed by atoms with Crippen LogP contribution in [-0.4, -0.2) is 21.8 Å². The third kappa shape index (κ3) is 4.99. The standard InChI is InChI=1S/C18H10F6N4O2/c19-17(20,21)12-5-11(16-14(8-25)26-28-27-16)6-13(7-12)29-9-10-3-1-2-4-15(10)30-18(22,23)24/h1-7H,9H2,(H,26,27,28). The molecule has 1 heterocycles. The van der Waals surface area contributed by atoms with Crippen LogP contribution < -0.4 is 9.47 Å². The maximum absolute atomic E-state index is 13.3. The zero-order chi connectivity index (χ0) is 21.9. The van der Waals surface area contributed by atoms with E-state index < -0.39 is 30.5 Å². The third-order valence-electron chi connectivity index (χ3n) is 3.76. The number of halogens is 6. The van der Waals surface area contributed by atoms with Crippen LogP contribution in [0.1, 0.15) is 16.8 Å². The molecule has 0 atom stereocenters. The van der Waals surface area contributed by atoms with Gasteiger partial charge in [-0.1, -0.05) is 23.4 Å². The molecule has 0 saturated heterocycles. The lowest BCUT2D eigenvalue weighted by Crippen LogP contribution is -2.18. The lowest BCUT2D eigenvalue weighted by molar-refractivity contribution is -0.275. The van der Waals surface area contributed by atoms with Crippen molar-refractivity contribution in [3.05, 3.63) is 59.3 Å². The summed E-state index contributed by atoms with van der Waals surface area (Å²) in [4.78, 5) is 0. The number of nitrogens with one attached hydrogen (secondary N) is 1. The predicted molar refractivity (Wildman–Crippen MR) is 89.0 cm³/mol. The highest BCUT2D eigenvalue weighted by molar-refractivity contribution is 5.67. The number of alkyl halides is 6. The first-order valence-corrected chi connectivity index (χ1v) is 8.07. The lowest BCUT2D eigenvalue weighted by atomic mass is 10.1. The molecule has 0 radical (unpaired) electrons. The average Bonchev–Trinajstić information content (AvgIpc) is 3.14. The molecule has 0 unspecified atom stereocenters. The first kappa shape index (κ1) is 21.0. The van der Waals surface area contributed by atoms with Crippen molar-refractivity contribution in [3.63, 3.8) is 0 Å². The molecule has 0 bridgehead atoms. The smallest absolute Gasteiger partial charge is 0.489 e. The summed E-state index contributed by atoms with van der Waals surface area (Å²) in [6.45, 7) is -0.503. The van der Waals surface area contributed by atoms with Gasteiger partial charge in [-0.05, 0) is 24.3 Å². The van der Waals surface area contributed by atoms with Gasteiger partial charge in [-0.25, -0.2) is 5.10 Å². The minimum atomic E-state index is -4.94. The summed E-state index contributed by atoms with van der Waals surface area (Å²) >= 11 is 0. The molecule has 30 heavy (non-hydrogen) atoms. The van der Waals surface area contributed by atoms with Crippen molar-refractivity contribution in [1.29, 1.82) is 5.26 Å². The van der Waals surface area contributed by atoms with Crippen LogP contribution in [0.15, 0.2) is 42.5 Å². The zero-order valence-corrected chi connectivity index (χ0v) is 14.7. The predicted octanol–water partition coefficient (Wildman–Crippen LogP) is 4.84. The van der Waals surface area contributed by atoms with Crippen molar-refractivity contribution in [2.24, 2.45) is 0 Å². The largest absolute Gasteiger partial charge is 0.573 e. The summed E-state index contributed by atoms with van der Waals surface area (Å²) in [7, 11) is 0. The molecule has 0 saturated carbocycles. The van der Waals surface area contributed by atoms with Gasteiger partial charge in [-0.2, -0.15) is 18.4 Å². The quantitative estimate of drug-likeness (QED) is 0.588. The number of ether oxygens (including phenoxy) is 2. The summed E-state index contributed by atoms with van der Waals surface area (Å²) in [5.74, 6) is -0.839. The van der Waals surface area contributed by atoms with Crippen LogP contribution in [0, 0.1) is 11.3 Å². The molecule has 0 amide bonds. The molecule has 0 spiro atoms. The molecule has 6 nitrogen and oxygen atoms in total. The number of hydrogen-bond acceptors (Lipinski definition) is 5. The Balaban J connectivity index is 1.94. The van der Waals surface area contributed by atoms with Crippen molar-refractivity contribution in [2.45, 2.75) is 19.1 Å². The molecule has 156 valence electrons. The van der Waals surface area contributed by atoms with Crippen LogP contribution in [0.25, 0.3) is 11.3 Å². The molecule has 2 aromatic carbocycles. The Morgan fingerprint density at radius 3 is 2.43 bits per heavy atom. The van der Waals surface area contributed by atoms with Gasteiger partial charge in [0.1, 0.15) is 29.9 Å². The van der Waals surface area contributed by atoms with Gasteiger partial charge in [0, 0.05) is 11.1 Å². The summed E-state index contributed by atoms with van der Waals surface area (Å²) < 4.78 is 86.6. The van der Waals surface area contributed by atoms with Crippen LogP contribution in [0.3, 0.4) is 0 Å².